The van der Waals surface area contributed by atoms with Crippen molar-refractivity contribution in [2.45, 2.75) is 38.5 Å². The van der Waals surface area contributed by atoms with Crippen LogP contribution in [0.5, 0.6) is 17.2 Å². The fraction of sp³-hybridized carbons (Fsp3) is 0.562. The minimum Gasteiger partial charge on any atom is -0.454 e. The molecule has 1 aliphatic carbocycles. The summed E-state index contributed by atoms with van der Waals surface area (Å²) in [5.41, 5.74) is 6.29. The van der Waals surface area contributed by atoms with Gasteiger partial charge >= 0.3 is 6.61 Å². The van der Waals surface area contributed by atoms with Crippen molar-refractivity contribution in [3.63, 3.8) is 0 Å². The third kappa shape index (κ3) is 4.43. The van der Waals surface area contributed by atoms with Crippen LogP contribution in [-0.2, 0) is 11.3 Å². The van der Waals surface area contributed by atoms with Crippen molar-refractivity contribution in [1.82, 2.24) is 4.90 Å². The zero-order valence-electron chi connectivity index (χ0n) is 13.7. The van der Waals surface area contributed by atoms with Gasteiger partial charge in [0, 0.05) is 37.2 Å². The lowest BCUT2D eigenvalue weighted by molar-refractivity contribution is -0.134. The second kappa shape index (κ2) is 8.05. The molecule has 1 aliphatic heterocycles. The van der Waals surface area contributed by atoms with E-state index in [4.69, 9.17) is 15.2 Å². The van der Waals surface area contributed by atoms with Crippen LogP contribution in [0.15, 0.2) is 12.1 Å². The van der Waals surface area contributed by atoms with E-state index in [-0.39, 0.29) is 49.4 Å². The van der Waals surface area contributed by atoms with Crippen LogP contribution in [-0.4, -0.2) is 37.3 Å². The molecule has 140 valence electrons. The van der Waals surface area contributed by atoms with Crippen LogP contribution in [0.3, 0.4) is 0 Å². The Morgan fingerprint density at radius 1 is 1.36 bits per heavy atom. The summed E-state index contributed by atoms with van der Waals surface area (Å²) in [6, 6.07) is 2.99. The maximum Gasteiger partial charge on any atom is 0.387 e. The van der Waals surface area contributed by atoms with Gasteiger partial charge in [-0.3, -0.25) is 4.79 Å². The predicted molar refractivity (Wildman–Crippen MR) is 88.2 cm³/mol. The van der Waals surface area contributed by atoms with Gasteiger partial charge in [-0.05, 0) is 25.3 Å². The highest BCUT2D eigenvalue weighted by Gasteiger charge is 2.30. The maximum atomic E-state index is 12.6. The fourth-order valence-electron chi connectivity index (χ4n) is 3.18. The number of halogens is 3. The molecule has 2 N–H and O–H groups in total. The molecule has 1 saturated carbocycles. The Morgan fingerprint density at radius 2 is 2.04 bits per heavy atom. The highest BCUT2D eigenvalue weighted by atomic mass is 35.5. The minimum atomic E-state index is -2.96. The summed E-state index contributed by atoms with van der Waals surface area (Å²) >= 11 is 0. The third-order valence-corrected chi connectivity index (χ3v) is 4.38. The Morgan fingerprint density at radius 3 is 2.64 bits per heavy atom. The molecule has 9 heteroatoms. The number of alkyl halides is 2. The van der Waals surface area contributed by atoms with Crippen molar-refractivity contribution in [2.24, 2.45) is 11.7 Å². The van der Waals surface area contributed by atoms with E-state index in [1.54, 1.807) is 13.1 Å². The summed E-state index contributed by atoms with van der Waals surface area (Å²) in [5.74, 6) is 0.639. The van der Waals surface area contributed by atoms with Crippen LogP contribution in [0, 0.1) is 5.92 Å². The van der Waals surface area contributed by atoms with Gasteiger partial charge < -0.3 is 24.8 Å². The molecule has 0 saturated heterocycles. The molecular weight excluding hydrogens is 358 g/mol. The minimum absolute atomic E-state index is 0. The predicted octanol–water partition coefficient (Wildman–Crippen LogP) is 2.52. The van der Waals surface area contributed by atoms with E-state index >= 15 is 0 Å². The summed E-state index contributed by atoms with van der Waals surface area (Å²) in [4.78, 5) is 14.0. The van der Waals surface area contributed by atoms with Gasteiger partial charge in [-0.15, -0.1) is 12.4 Å². The number of ether oxygens (including phenoxy) is 3. The first-order valence-electron chi connectivity index (χ1n) is 7.82. The van der Waals surface area contributed by atoms with Crippen LogP contribution in [0.2, 0.25) is 0 Å². The number of benzene rings is 1. The van der Waals surface area contributed by atoms with Crippen LogP contribution in [0.1, 0.15) is 24.8 Å². The molecule has 0 bridgehead atoms. The molecule has 0 radical (unpaired) electrons. The number of amides is 1. The zero-order chi connectivity index (χ0) is 17.3. The van der Waals surface area contributed by atoms with Gasteiger partial charge in [0.25, 0.3) is 0 Å². The van der Waals surface area contributed by atoms with Crippen molar-refractivity contribution in [3.05, 3.63) is 17.7 Å². The zero-order valence-corrected chi connectivity index (χ0v) is 14.6. The number of nitrogens with two attached hydrogens (primary N) is 1. The average Bonchev–Trinajstić information content (AvgIpc) is 3.14. The molecule has 6 nitrogen and oxygen atoms in total. The Balaban J connectivity index is 0.00000225. The molecule has 2 aliphatic rings. The van der Waals surface area contributed by atoms with E-state index in [0.717, 1.165) is 12.8 Å². The van der Waals surface area contributed by atoms with E-state index in [9.17, 15) is 13.6 Å². The smallest absolute Gasteiger partial charge is 0.387 e. The topological polar surface area (TPSA) is 74.0 Å². The Kier molecular flexibility index (Phi) is 6.29. The van der Waals surface area contributed by atoms with Crippen molar-refractivity contribution < 1.29 is 27.8 Å². The van der Waals surface area contributed by atoms with Crippen molar-refractivity contribution in [1.29, 1.82) is 0 Å². The Labute approximate surface area is 150 Å². The maximum absolute atomic E-state index is 12.6. The molecule has 1 aromatic carbocycles. The molecule has 0 spiro atoms. The first-order chi connectivity index (χ1) is 11.4. The molecule has 2 atom stereocenters. The van der Waals surface area contributed by atoms with Gasteiger partial charge in [0.2, 0.25) is 12.7 Å². The number of carbonyl (C=O) groups is 1. The SMILES string of the molecule is CN(Cc1cc2c(cc1OC(F)F)OCO2)C(=O)C1CCC(N)C1.Cl. The summed E-state index contributed by atoms with van der Waals surface area (Å²) in [6.07, 6.45) is 2.24. The lowest BCUT2D eigenvalue weighted by Crippen LogP contribution is -2.32. The second-order valence-electron chi connectivity index (χ2n) is 6.16. The Bertz CT molecular complexity index is 632. The summed E-state index contributed by atoms with van der Waals surface area (Å²) in [5, 5.41) is 0. The van der Waals surface area contributed by atoms with E-state index in [1.165, 1.54) is 11.0 Å². The molecule has 1 aromatic rings. The number of nitrogens with zero attached hydrogens (tertiary/aromatic N) is 1. The van der Waals surface area contributed by atoms with Gasteiger partial charge in [-0.1, -0.05) is 0 Å². The van der Waals surface area contributed by atoms with Crippen molar-refractivity contribution >= 4 is 18.3 Å². The van der Waals surface area contributed by atoms with Gasteiger partial charge in [-0.25, -0.2) is 0 Å². The monoisotopic (exact) mass is 378 g/mol. The standard InChI is InChI=1S/C16H20F2N2O4.ClH/c1-20(15(21)9-2-3-11(19)4-9)7-10-5-13-14(23-8-22-13)6-12(10)24-16(17)18;/h5-6,9,11,16H,2-4,7-8,19H2,1H3;1H. The van der Waals surface area contributed by atoms with Crippen molar-refractivity contribution in [2.75, 3.05) is 13.8 Å². The van der Waals surface area contributed by atoms with Crippen LogP contribution in [0.25, 0.3) is 0 Å². The normalized spacial score (nSPS) is 21.2. The number of rotatable bonds is 5. The molecule has 0 aromatic heterocycles. The number of fused-ring (bicyclic) bond motifs is 1. The number of hydrogen-bond acceptors (Lipinski definition) is 5. The van der Waals surface area contributed by atoms with Crippen molar-refractivity contribution in [3.8, 4) is 17.2 Å². The quantitative estimate of drug-likeness (QED) is 0.852. The first-order valence-corrected chi connectivity index (χ1v) is 7.82. The van der Waals surface area contributed by atoms with Gasteiger partial charge in [0.15, 0.2) is 11.5 Å². The Hall–Kier alpha value is -1.80. The lowest BCUT2D eigenvalue weighted by atomic mass is 10.1. The second-order valence-corrected chi connectivity index (χ2v) is 6.16. The highest BCUT2D eigenvalue weighted by Crippen LogP contribution is 2.39. The molecule has 2 unspecified atom stereocenters. The summed E-state index contributed by atoms with van der Waals surface area (Å²) in [7, 11) is 1.64. The van der Waals surface area contributed by atoms with Gasteiger partial charge in [0.05, 0.1) is 0 Å². The molecule has 1 amide bonds. The fourth-order valence-corrected chi connectivity index (χ4v) is 3.18. The summed E-state index contributed by atoms with van der Waals surface area (Å²) in [6.45, 7) is -2.79. The van der Waals surface area contributed by atoms with Gasteiger partial charge in [-0.2, -0.15) is 8.78 Å². The van der Waals surface area contributed by atoms with E-state index in [2.05, 4.69) is 4.74 Å². The average molecular weight is 379 g/mol. The van der Waals surface area contributed by atoms with Crippen LogP contribution < -0.4 is 19.9 Å². The molecular formula is C16H21ClF2N2O4. The first kappa shape index (κ1) is 19.5. The molecule has 1 heterocycles. The number of hydrogen-bond donors (Lipinski definition) is 1. The number of carbonyl (C=O) groups excluding carboxylic acids is 1. The van der Waals surface area contributed by atoms with Crippen LogP contribution >= 0.6 is 12.4 Å². The molecule has 1 fully saturated rings. The summed E-state index contributed by atoms with van der Waals surface area (Å²) < 4.78 is 40.3. The van der Waals surface area contributed by atoms with E-state index in [0.29, 0.717) is 23.5 Å². The van der Waals surface area contributed by atoms with E-state index < -0.39 is 6.61 Å². The van der Waals surface area contributed by atoms with Crippen LogP contribution in [0.4, 0.5) is 8.78 Å². The molecule has 3 rings (SSSR count). The van der Waals surface area contributed by atoms with E-state index in [1.807, 2.05) is 0 Å². The lowest BCUT2D eigenvalue weighted by Gasteiger charge is -2.22. The molecule has 25 heavy (non-hydrogen) atoms. The largest absolute Gasteiger partial charge is 0.454 e. The highest BCUT2D eigenvalue weighted by molar-refractivity contribution is 5.85. The van der Waals surface area contributed by atoms with Gasteiger partial charge in [0.1, 0.15) is 5.75 Å². The third-order valence-electron chi connectivity index (χ3n) is 4.38.